The number of thiocarbonyl (C=S) groups is 1. The number of methoxy groups -OCH3 is 1. The van der Waals surface area contributed by atoms with Crippen molar-refractivity contribution in [2.45, 2.75) is 32.7 Å². The minimum absolute atomic E-state index is 0.365. The van der Waals surface area contributed by atoms with Gasteiger partial charge in [0.25, 0.3) is 0 Å². The molecule has 0 amide bonds. The van der Waals surface area contributed by atoms with Crippen molar-refractivity contribution < 1.29 is 4.74 Å². The summed E-state index contributed by atoms with van der Waals surface area (Å²) in [7, 11) is 1.59. The van der Waals surface area contributed by atoms with Crippen LogP contribution < -0.4 is 15.4 Å². The molecule has 18 heavy (non-hydrogen) atoms. The first kappa shape index (κ1) is 15.1. The van der Waals surface area contributed by atoms with E-state index in [4.69, 9.17) is 28.6 Å². The quantitative estimate of drug-likeness (QED) is 0.806. The molecule has 0 unspecified atom stereocenters. The lowest BCUT2D eigenvalue weighted by Crippen LogP contribution is -2.35. The van der Waals surface area contributed by atoms with Crippen LogP contribution in [-0.2, 0) is 0 Å². The zero-order valence-corrected chi connectivity index (χ0v) is 12.5. The molecule has 0 spiro atoms. The van der Waals surface area contributed by atoms with Crippen LogP contribution in [0.3, 0.4) is 0 Å². The lowest BCUT2D eigenvalue weighted by atomic mass is 10.2. The van der Waals surface area contributed by atoms with Crippen molar-refractivity contribution in [1.82, 2.24) is 5.32 Å². The van der Waals surface area contributed by atoms with Gasteiger partial charge in [-0.3, -0.25) is 0 Å². The van der Waals surface area contributed by atoms with Crippen molar-refractivity contribution in [3.05, 3.63) is 23.2 Å². The van der Waals surface area contributed by atoms with E-state index in [0.29, 0.717) is 21.9 Å². The molecule has 3 nitrogen and oxygen atoms in total. The number of ether oxygens (including phenoxy) is 1. The molecule has 1 rings (SSSR count). The first-order valence-corrected chi connectivity index (χ1v) is 6.76. The lowest BCUT2D eigenvalue weighted by molar-refractivity contribution is 0.415. The number of hydrogen-bond donors (Lipinski definition) is 2. The second kappa shape index (κ2) is 7.44. The van der Waals surface area contributed by atoms with Crippen molar-refractivity contribution in [3.8, 4) is 5.75 Å². The third kappa shape index (κ3) is 4.70. The molecule has 0 aliphatic heterocycles. The summed E-state index contributed by atoms with van der Waals surface area (Å²) >= 11 is 11.3. The van der Waals surface area contributed by atoms with Gasteiger partial charge in [0.05, 0.1) is 12.1 Å². The van der Waals surface area contributed by atoms with Crippen LogP contribution in [0.4, 0.5) is 5.69 Å². The maximum Gasteiger partial charge on any atom is 0.170 e. The normalized spacial score (nSPS) is 11.8. The Kier molecular flexibility index (Phi) is 6.22. The molecule has 0 saturated carbocycles. The summed E-state index contributed by atoms with van der Waals surface area (Å²) in [6.07, 6.45) is 2.22. The van der Waals surface area contributed by atoms with E-state index in [1.54, 1.807) is 13.2 Å². The van der Waals surface area contributed by atoms with Gasteiger partial charge in [-0.1, -0.05) is 24.9 Å². The Morgan fingerprint density at radius 3 is 2.78 bits per heavy atom. The molecule has 0 bridgehead atoms. The SMILES string of the molecule is CCC[C@H](C)NC(=S)Nc1ccc(OC)c(Cl)c1. The zero-order valence-electron chi connectivity index (χ0n) is 10.9. The predicted octanol–water partition coefficient (Wildman–Crippen LogP) is 3.82. The third-order valence-corrected chi connectivity index (χ3v) is 3.02. The van der Waals surface area contributed by atoms with E-state index in [-0.39, 0.29) is 0 Å². The summed E-state index contributed by atoms with van der Waals surface area (Å²) in [5.41, 5.74) is 0.849. The first-order chi connectivity index (χ1) is 8.56. The molecule has 0 aliphatic rings. The third-order valence-electron chi connectivity index (χ3n) is 2.51. The van der Waals surface area contributed by atoms with Gasteiger partial charge in [0.2, 0.25) is 0 Å². The van der Waals surface area contributed by atoms with Gasteiger partial charge in [-0.05, 0) is 43.8 Å². The molecule has 2 N–H and O–H groups in total. The van der Waals surface area contributed by atoms with Crippen molar-refractivity contribution >= 4 is 34.6 Å². The van der Waals surface area contributed by atoms with E-state index >= 15 is 0 Å². The minimum atomic E-state index is 0.365. The highest BCUT2D eigenvalue weighted by Gasteiger charge is 2.05. The Morgan fingerprint density at radius 1 is 1.50 bits per heavy atom. The van der Waals surface area contributed by atoms with Crippen molar-refractivity contribution in [2.24, 2.45) is 0 Å². The molecule has 0 radical (unpaired) electrons. The summed E-state index contributed by atoms with van der Waals surface area (Å²) < 4.78 is 5.09. The molecule has 1 aromatic rings. The Labute approximate surface area is 119 Å². The number of halogens is 1. The van der Waals surface area contributed by atoms with E-state index < -0.39 is 0 Å². The molecule has 1 aromatic carbocycles. The van der Waals surface area contributed by atoms with Crippen LogP contribution in [0.25, 0.3) is 0 Å². The molecular formula is C13H19ClN2OS. The van der Waals surface area contributed by atoms with Crippen LogP contribution in [0.1, 0.15) is 26.7 Å². The standard InChI is InChI=1S/C13H19ClN2OS/c1-4-5-9(2)15-13(18)16-10-6-7-12(17-3)11(14)8-10/h6-9H,4-5H2,1-3H3,(H2,15,16,18)/t9-/m0/s1. The molecule has 100 valence electrons. The van der Waals surface area contributed by atoms with Gasteiger partial charge in [0.15, 0.2) is 5.11 Å². The van der Waals surface area contributed by atoms with Gasteiger partial charge in [-0.15, -0.1) is 0 Å². The maximum atomic E-state index is 6.04. The number of hydrogen-bond acceptors (Lipinski definition) is 2. The van der Waals surface area contributed by atoms with Crippen LogP contribution in [0.5, 0.6) is 5.75 Å². The fourth-order valence-electron chi connectivity index (χ4n) is 1.64. The smallest absolute Gasteiger partial charge is 0.170 e. The molecule has 0 aliphatic carbocycles. The van der Waals surface area contributed by atoms with Gasteiger partial charge >= 0.3 is 0 Å². The second-order valence-electron chi connectivity index (χ2n) is 4.14. The summed E-state index contributed by atoms with van der Waals surface area (Å²) in [6.45, 7) is 4.26. The fraction of sp³-hybridized carbons (Fsp3) is 0.462. The second-order valence-corrected chi connectivity index (χ2v) is 4.95. The van der Waals surface area contributed by atoms with Gasteiger partial charge < -0.3 is 15.4 Å². The molecule has 0 heterocycles. The van der Waals surface area contributed by atoms with Crippen LogP contribution in [0.15, 0.2) is 18.2 Å². The number of benzene rings is 1. The minimum Gasteiger partial charge on any atom is -0.495 e. The Morgan fingerprint density at radius 2 is 2.22 bits per heavy atom. The van der Waals surface area contributed by atoms with Crippen LogP contribution in [-0.4, -0.2) is 18.3 Å². The summed E-state index contributed by atoms with van der Waals surface area (Å²) in [4.78, 5) is 0. The molecule has 0 aromatic heterocycles. The van der Waals surface area contributed by atoms with Crippen molar-refractivity contribution in [3.63, 3.8) is 0 Å². The van der Waals surface area contributed by atoms with Gasteiger partial charge in [-0.25, -0.2) is 0 Å². The summed E-state index contributed by atoms with van der Waals surface area (Å²) in [6, 6.07) is 5.84. The van der Waals surface area contributed by atoms with Crippen LogP contribution in [0, 0.1) is 0 Å². The topological polar surface area (TPSA) is 33.3 Å². The largest absolute Gasteiger partial charge is 0.495 e. The van der Waals surface area contributed by atoms with Crippen molar-refractivity contribution in [1.29, 1.82) is 0 Å². The van der Waals surface area contributed by atoms with E-state index in [2.05, 4.69) is 24.5 Å². The van der Waals surface area contributed by atoms with E-state index in [9.17, 15) is 0 Å². The number of nitrogens with one attached hydrogen (secondary N) is 2. The van der Waals surface area contributed by atoms with E-state index in [1.807, 2.05) is 12.1 Å². The highest BCUT2D eigenvalue weighted by Crippen LogP contribution is 2.27. The van der Waals surface area contributed by atoms with Gasteiger partial charge in [0.1, 0.15) is 5.75 Å². The predicted molar refractivity (Wildman–Crippen MR) is 81.7 cm³/mol. The highest BCUT2D eigenvalue weighted by molar-refractivity contribution is 7.80. The first-order valence-electron chi connectivity index (χ1n) is 5.97. The number of anilines is 1. The molecule has 5 heteroatoms. The van der Waals surface area contributed by atoms with E-state index in [0.717, 1.165) is 18.5 Å². The Balaban J connectivity index is 2.57. The monoisotopic (exact) mass is 286 g/mol. The molecule has 0 fully saturated rings. The summed E-state index contributed by atoms with van der Waals surface area (Å²) in [5.74, 6) is 0.653. The molecule has 1 atom stereocenters. The maximum absolute atomic E-state index is 6.04. The van der Waals surface area contributed by atoms with Gasteiger partial charge in [0, 0.05) is 11.7 Å². The number of rotatable bonds is 5. The Hall–Kier alpha value is -1.00. The van der Waals surface area contributed by atoms with Gasteiger partial charge in [-0.2, -0.15) is 0 Å². The molecule has 0 saturated heterocycles. The fourth-order valence-corrected chi connectivity index (χ4v) is 2.22. The highest BCUT2D eigenvalue weighted by atomic mass is 35.5. The van der Waals surface area contributed by atoms with Crippen molar-refractivity contribution in [2.75, 3.05) is 12.4 Å². The van der Waals surface area contributed by atoms with Crippen LogP contribution >= 0.6 is 23.8 Å². The zero-order chi connectivity index (χ0) is 13.5. The Bertz CT molecular complexity index is 412. The average molecular weight is 287 g/mol. The lowest BCUT2D eigenvalue weighted by Gasteiger charge is -2.16. The molecular weight excluding hydrogens is 268 g/mol. The van der Waals surface area contributed by atoms with E-state index in [1.165, 1.54) is 0 Å². The van der Waals surface area contributed by atoms with Crippen LogP contribution in [0.2, 0.25) is 5.02 Å². The average Bonchev–Trinajstić information content (AvgIpc) is 2.29. The summed E-state index contributed by atoms with van der Waals surface area (Å²) in [5, 5.41) is 7.50.